The predicted molar refractivity (Wildman–Crippen MR) is 94.3 cm³/mol. The highest BCUT2D eigenvalue weighted by Crippen LogP contribution is 2.29. The third kappa shape index (κ3) is 4.04. The molecule has 0 spiro atoms. The molecule has 116 valence electrons. The van der Waals surface area contributed by atoms with Crippen LogP contribution in [-0.2, 0) is 11.2 Å². The summed E-state index contributed by atoms with van der Waals surface area (Å²) in [7, 11) is 0. The van der Waals surface area contributed by atoms with Crippen LogP contribution in [0, 0.1) is 0 Å². The molecule has 0 unspecified atom stereocenters. The number of fused-ring (bicyclic) bond motifs is 1. The second-order valence-corrected chi connectivity index (χ2v) is 6.12. The van der Waals surface area contributed by atoms with Gasteiger partial charge in [-0.1, -0.05) is 24.3 Å². The number of nitrogens with one attached hydrogen (secondary N) is 1. The molecular weight excluding hydrogens is 308 g/mol. The van der Waals surface area contributed by atoms with Gasteiger partial charge in [0.1, 0.15) is 0 Å². The number of thioether (sulfide) groups is 1. The molecule has 0 saturated carbocycles. The average Bonchev–Trinajstić information content (AvgIpc) is 3.01. The highest BCUT2D eigenvalue weighted by molar-refractivity contribution is 8.14. The van der Waals surface area contributed by atoms with E-state index < -0.39 is 0 Å². The molecule has 1 aliphatic rings. The summed E-state index contributed by atoms with van der Waals surface area (Å²) in [6.45, 7) is 1.84. The number of rotatable bonds is 4. The largest absolute Gasteiger partial charge is 0.272 e. The Morgan fingerprint density at radius 2 is 2.17 bits per heavy atom. The van der Waals surface area contributed by atoms with Crippen molar-refractivity contribution in [3.05, 3.63) is 59.9 Å². The maximum atomic E-state index is 11.9. The first-order valence-corrected chi connectivity index (χ1v) is 8.23. The molecule has 0 bridgehead atoms. The number of carbonyl (C=O) groups is 1. The first kappa shape index (κ1) is 15.4. The van der Waals surface area contributed by atoms with Gasteiger partial charge in [-0.2, -0.15) is 5.10 Å². The Kier molecular flexibility index (Phi) is 4.83. The zero-order valence-electron chi connectivity index (χ0n) is 12.7. The molecular formula is C17H16N4OS. The summed E-state index contributed by atoms with van der Waals surface area (Å²) in [5.74, 6) is 0.160. The van der Waals surface area contributed by atoms with Crippen molar-refractivity contribution in [2.75, 3.05) is 5.75 Å². The highest BCUT2D eigenvalue weighted by Gasteiger charge is 2.15. The van der Waals surface area contributed by atoms with Gasteiger partial charge >= 0.3 is 0 Å². The van der Waals surface area contributed by atoms with Crippen LogP contribution in [0.25, 0.3) is 0 Å². The number of aromatic nitrogens is 1. The van der Waals surface area contributed by atoms with Gasteiger partial charge in [0.15, 0.2) is 0 Å². The Morgan fingerprint density at radius 1 is 1.30 bits per heavy atom. The van der Waals surface area contributed by atoms with Gasteiger partial charge in [-0.15, -0.1) is 11.8 Å². The smallest absolute Gasteiger partial charge is 0.250 e. The minimum absolute atomic E-state index is 0.142. The molecule has 5 nitrogen and oxygen atoms in total. The summed E-state index contributed by atoms with van der Waals surface area (Å²) in [6, 6.07) is 11.8. The fourth-order valence-electron chi connectivity index (χ4n) is 2.16. The summed E-state index contributed by atoms with van der Waals surface area (Å²) in [5, 5.41) is 5.07. The molecule has 0 atom stereocenters. The molecule has 2 heterocycles. The molecule has 1 aromatic heterocycles. The predicted octanol–water partition coefficient (Wildman–Crippen LogP) is 2.94. The molecule has 0 aliphatic carbocycles. The van der Waals surface area contributed by atoms with Crippen LogP contribution in [0.1, 0.15) is 18.1 Å². The van der Waals surface area contributed by atoms with Crippen LogP contribution in [0.2, 0.25) is 0 Å². The maximum absolute atomic E-state index is 11.9. The van der Waals surface area contributed by atoms with Crippen LogP contribution in [0.3, 0.4) is 0 Å². The van der Waals surface area contributed by atoms with Gasteiger partial charge in [0.2, 0.25) is 5.91 Å². The number of hydrogen-bond acceptors (Lipinski definition) is 5. The Morgan fingerprint density at radius 3 is 2.96 bits per heavy atom. The van der Waals surface area contributed by atoms with Gasteiger partial charge in [-0.25, -0.2) is 10.4 Å². The monoisotopic (exact) mass is 324 g/mol. The minimum atomic E-state index is -0.142. The topological polar surface area (TPSA) is 66.7 Å². The van der Waals surface area contributed by atoms with Crippen LogP contribution in [0.4, 0.5) is 5.69 Å². The molecule has 1 N–H and O–H groups in total. The summed E-state index contributed by atoms with van der Waals surface area (Å²) in [4.78, 5) is 20.4. The third-order valence-electron chi connectivity index (χ3n) is 3.38. The van der Waals surface area contributed by atoms with E-state index in [1.165, 1.54) is 17.3 Å². The van der Waals surface area contributed by atoms with Gasteiger partial charge in [0, 0.05) is 24.4 Å². The lowest BCUT2D eigenvalue weighted by Gasteiger charge is -2.02. The van der Waals surface area contributed by atoms with E-state index in [9.17, 15) is 4.79 Å². The van der Waals surface area contributed by atoms with Crippen molar-refractivity contribution in [1.82, 2.24) is 10.4 Å². The lowest BCUT2D eigenvalue weighted by atomic mass is 10.2. The lowest BCUT2D eigenvalue weighted by Crippen LogP contribution is -2.22. The van der Waals surface area contributed by atoms with Gasteiger partial charge in [-0.05, 0) is 24.6 Å². The third-order valence-corrected chi connectivity index (χ3v) is 4.35. The number of carbonyl (C=O) groups excluding carboxylic acids is 1. The molecule has 6 heteroatoms. The maximum Gasteiger partial charge on any atom is 0.250 e. The Hall–Kier alpha value is -2.47. The van der Waals surface area contributed by atoms with E-state index in [1.807, 2.05) is 37.3 Å². The SMILES string of the molecule is C/C(=N\NC(=O)CSC1=Nc2ccccc2C1)c1cccnc1. The molecule has 1 aromatic carbocycles. The summed E-state index contributed by atoms with van der Waals surface area (Å²) < 4.78 is 0. The first-order valence-electron chi connectivity index (χ1n) is 7.24. The van der Waals surface area contributed by atoms with E-state index in [-0.39, 0.29) is 5.91 Å². The molecule has 3 rings (SSSR count). The normalized spacial score (nSPS) is 13.4. The zero-order valence-corrected chi connectivity index (χ0v) is 13.5. The number of pyridine rings is 1. The van der Waals surface area contributed by atoms with Gasteiger partial charge in [0.05, 0.1) is 22.2 Å². The van der Waals surface area contributed by atoms with Gasteiger partial charge in [0.25, 0.3) is 0 Å². The van der Waals surface area contributed by atoms with Crippen LogP contribution < -0.4 is 5.43 Å². The van der Waals surface area contributed by atoms with Crippen molar-refractivity contribution in [3.63, 3.8) is 0 Å². The molecule has 0 radical (unpaired) electrons. The molecule has 2 aromatic rings. The van der Waals surface area contributed by atoms with Crippen molar-refractivity contribution in [3.8, 4) is 0 Å². The zero-order chi connectivity index (χ0) is 16.1. The standard InChI is InChI=1S/C17H16N4OS/c1-12(14-6-4-8-18-10-14)20-21-16(22)11-23-17-9-13-5-2-3-7-15(13)19-17/h2-8,10H,9,11H2,1H3,(H,21,22)/b20-12+. The summed E-state index contributed by atoms with van der Waals surface area (Å²) in [6.07, 6.45) is 4.21. The van der Waals surface area contributed by atoms with E-state index in [0.29, 0.717) is 5.75 Å². The van der Waals surface area contributed by atoms with Crippen LogP contribution >= 0.6 is 11.8 Å². The molecule has 0 saturated heterocycles. The van der Waals surface area contributed by atoms with E-state index in [1.54, 1.807) is 12.4 Å². The van der Waals surface area contributed by atoms with Crippen molar-refractivity contribution in [2.45, 2.75) is 13.3 Å². The number of amides is 1. The van der Waals surface area contributed by atoms with Crippen molar-refractivity contribution < 1.29 is 4.79 Å². The molecule has 1 amide bonds. The number of hydrogen-bond donors (Lipinski definition) is 1. The quantitative estimate of drug-likeness (QED) is 0.694. The van der Waals surface area contributed by atoms with E-state index >= 15 is 0 Å². The van der Waals surface area contributed by atoms with Crippen LogP contribution in [0.5, 0.6) is 0 Å². The fourth-order valence-corrected chi connectivity index (χ4v) is 2.94. The number of hydrazone groups is 1. The van der Waals surface area contributed by atoms with Crippen LogP contribution in [0.15, 0.2) is 58.9 Å². The second kappa shape index (κ2) is 7.19. The Labute approximate surface area is 138 Å². The number of para-hydroxylation sites is 1. The van der Waals surface area contributed by atoms with Gasteiger partial charge in [-0.3, -0.25) is 9.78 Å². The Balaban J connectivity index is 1.50. The summed E-state index contributed by atoms with van der Waals surface area (Å²) >= 11 is 1.45. The second-order valence-electron chi connectivity index (χ2n) is 5.07. The number of nitrogens with zero attached hydrogens (tertiary/aromatic N) is 3. The van der Waals surface area contributed by atoms with Crippen LogP contribution in [-0.4, -0.2) is 27.4 Å². The van der Waals surface area contributed by atoms with E-state index in [4.69, 9.17) is 0 Å². The van der Waals surface area contributed by atoms with E-state index in [0.717, 1.165) is 28.4 Å². The minimum Gasteiger partial charge on any atom is -0.272 e. The Bertz CT molecular complexity index is 771. The number of aliphatic imine (C=N–C) groups is 1. The van der Waals surface area contributed by atoms with Crippen molar-refractivity contribution in [1.29, 1.82) is 0 Å². The number of benzene rings is 1. The van der Waals surface area contributed by atoms with Crippen molar-refractivity contribution >= 4 is 34.1 Å². The van der Waals surface area contributed by atoms with Crippen molar-refractivity contribution in [2.24, 2.45) is 10.1 Å². The molecule has 1 aliphatic heterocycles. The highest BCUT2D eigenvalue weighted by atomic mass is 32.2. The molecule has 0 fully saturated rings. The van der Waals surface area contributed by atoms with Gasteiger partial charge < -0.3 is 0 Å². The molecule has 23 heavy (non-hydrogen) atoms. The fraction of sp³-hybridized carbons (Fsp3) is 0.176. The van der Waals surface area contributed by atoms with E-state index in [2.05, 4.69) is 26.6 Å². The first-order chi connectivity index (χ1) is 11.2. The average molecular weight is 324 g/mol. The lowest BCUT2D eigenvalue weighted by molar-refractivity contribution is -0.118. The summed E-state index contributed by atoms with van der Waals surface area (Å²) in [5.41, 5.74) is 6.39.